The van der Waals surface area contributed by atoms with Crippen LogP contribution in [0.25, 0.3) is 0 Å². The third kappa shape index (κ3) is 3.55. The number of amides is 5. The van der Waals surface area contributed by atoms with Crippen LogP contribution in [0.4, 0.5) is 4.79 Å². The number of piperazine rings is 1. The zero-order chi connectivity index (χ0) is 19.6. The molecule has 0 atom stereocenters. The monoisotopic (exact) mass is 392 g/mol. The highest BCUT2D eigenvalue weighted by molar-refractivity contribution is 7.12. The summed E-state index contributed by atoms with van der Waals surface area (Å²) in [4.78, 5) is 54.8. The SMILES string of the molecule is CCC1(CC)NC(=O)N(CC(=O)N2CCN(C(=O)c3cccs3)CC2)C1=O. The van der Waals surface area contributed by atoms with E-state index in [-0.39, 0.29) is 24.3 Å². The molecule has 2 saturated heterocycles. The second-order valence-electron chi connectivity index (χ2n) is 6.76. The molecular formula is C18H24N4O4S. The number of hydrogen-bond acceptors (Lipinski definition) is 5. The zero-order valence-corrected chi connectivity index (χ0v) is 16.4. The fourth-order valence-corrected chi connectivity index (χ4v) is 4.19. The molecule has 146 valence electrons. The Labute approximate surface area is 162 Å². The molecule has 1 aromatic heterocycles. The van der Waals surface area contributed by atoms with E-state index in [9.17, 15) is 19.2 Å². The molecule has 2 fully saturated rings. The van der Waals surface area contributed by atoms with E-state index >= 15 is 0 Å². The summed E-state index contributed by atoms with van der Waals surface area (Å²) in [6.45, 7) is 5.10. The lowest BCUT2D eigenvalue weighted by molar-refractivity contribution is -0.139. The van der Waals surface area contributed by atoms with Crippen LogP contribution in [-0.2, 0) is 9.59 Å². The highest BCUT2D eigenvalue weighted by Crippen LogP contribution is 2.25. The van der Waals surface area contributed by atoms with E-state index in [0.29, 0.717) is 43.9 Å². The predicted octanol–water partition coefficient (Wildman–Crippen LogP) is 1.14. The van der Waals surface area contributed by atoms with E-state index in [0.717, 1.165) is 4.90 Å². The molecule has 1 N–H and O–H groups in total. The molecule has 0 bridgehead atoms. The summed E-state index contributed by atoms with van der Waals surface area (Å²) in [5, 5.41) is 4.59. The average Bonchev–Trinajstić information content (AvgIpc) is 3.30. The second kappa shape index (κ2) is 7.67. The van der Waals surface area contributed by atoms with Crippen LogP contribution in [0.2, 0.25) is 0 Å². The molecule has 0 radical (unpaired) electrons. The van der Waals surface area contributed by atoms with Gasteiger partial charge in [0.25, 0.3) is 11.8 Å². The topological polar surface area (TPSA) is 90.0 Å². The number of imide groups is 1. The number of nitrogens with zero attached hydrogens (tertiary/aromatic N) is 3. The third-order valence-corrected chi connectivity index (χ3v) is 6.26. The number of carbonyl (C=O) groups excluding carboxylic acids is 4. The fourth-order valence-electron chi connectivity index (χ4n) is 3.50. The molecule has 0 unspecified atom stereocenters. The second-order valence-corrected chi connectivity index (χ2v) is 7.71. The fraction of sp³-hybridized carbons (Fsp3) is 0.556. The molecule has 2 aliphatic heterocycles. The van der Waals surface area contributed by atoms with Crippen molar-refractivity contribution in [3.63, 3.8) is 0 Å². The minimum Gasteiger partial charge on any atom is -0.338 e. The molecule has 2 aliphatic rings. The quantitative estimate of drug-likeness (QED) is 0.761. The normalized spacial score (nSPS) is 19.4. The van der Waals surface area contributed by atoms with Gasteiger partial charge in [0.2, 0.25) is 5.91 Å². The first-order valence-electron chi connectivity index (χ1n) is 9.16. The van der Waals surface area contributed by atoms with Crippen molar-refractivity contribution in [2.24, 2.45) is 0 Å². The summed E-state index contributed by atoms with van der Waals surface area (Å²) in [5.41, 5.74) is -0.900. The molecular weight excluding hydrogens is 368 g/mol. The van der Waals surface area contributed by atoms with Crippen molar-refractivity contribution in [2.75, 3.05) is 32.7 Å². The predicted molar refractivity (Wildman–Crippen MR) is 100 cm³/mol. The summed E-state index contributed by atoms with van der Waals surface area (Å²) >= 11 is 1.40. The van der Waals surface area contributed by atoms with Crippen molar-refractivity contribution in [3.05, 3.63) is 22.4 Å². The number of nitrogens with one attached hydrogen (secondary N) is 1. The number of hydrogen-bond donors (Lipinski definition) is 1. The molecule has 1 aromatic rings. The Balaban J connectivity index is 1.56. The smallest absolute Gasteiger partial charge is 0.325 e. The van der Waals surface area contributed by atoms with E-state index in [1.54, 1.807) is 15.9 Å². The van der Waals surface area contributed by atoms with Gasteiger partial charge in [-0.2, -0.15) is 0 Å². The van der Waals surface area contributed by atoms with E-state index in [1.165, 1.54) is 11.3 Å². The zero-order valence-electron chi connectivity index (χ0n) is 15.6. The van der Waals surface area contributed by atoms with Gasteiger partial charge < -0.3 is 15.1 Å². The van der Waals surface area contributed by atoms with Gasteiger partial charge in [-0.25, -0.2) is 4.79 Å². The molecule has 0 spiro atoms. The van der Waals surface area contributed by atoms with E-state index in [2.05, 4.69) is 5.32 Å². The first-order chi connectivity index (χ1) is 12.9. The van der Waals surface area contributed by atoms with Crippen LogP contribution in [0.15, 0.2) is 17.5 Å². The Morgan fingerprint density at radius 3 is 2.26 bits per heavy atom. The third-order valence-electron chi connectivity index (χ3n) is 5.40. The molecule has 0 saturated carbocycles. The number of rotatable bonds is 5. The van der Waals surface area contributed by atoms with Gasteiger partial charge in [-0.05, 0) is 24.3 Å². The van der Waals surface area contributed by atoms with Crippen LogP contribution in [0.5, 0.6) is 0 Å². The molecule has 27 heavy (non-hydrogen) atoms. The van der Waals surface area contributed by atoms with Crippen LogP contribution in [0.1, 0.15) is 36.4 Å². The highest BCUT2D eigenvalue weighted by Gasteiger charge is 2.49. The molecule has 3 heterocycles. The summed E-state index contributed by atoms with van der Waals surface area (Å²) in [7, 11) is 0. The van der Waals surface area contributed by atoms with Gasteiger partial charge >= 0.3 is 6.03 Å². The number of thiophene rings is 1. The summed E-state index contributed by atoms with van der Waals surface area (Å²) in [6.07, 6.45) is 0.977. The number of urea groups is 1. The maximum Gasteiger partial charge on any atom is 0.325 e. The Morgan fingerprint density at radius 2 is 1.74 bits per heavy atom. The maximum absolute atomic E-state index is 12.6. The van der Waals surface area contributed by atoms with Gasteiger partial charge in [-0.15, -0.1) is 11.3 Å². The van der Waals surface area contributed by atoms with Crippen molar-refractivity contribution < 1.29 is 19.2 Å². The van der Waals surface area contributed by atoms with Crippen LogP contribution >= 0.6 is 11.3 Å². The van der Waals surface area contributed by atoms with Gasteiger partial charge in [0.15, 0.2) is 0 Å². The Hall–Kier alpha value is -2.42. The van der Waals surface area contributed by atoms with Crippen LogP contribution in [0, 0.1) is 0 Å². The Kier molecular flexibility index (Phi) is 5.50. The molecule has 9 heteroatoms. The van der Waals surface area contributed by atoms with Gasteiger partial charge in [0.1, 0.15) is 12.1 Å². The molecule has 8 nitrogen and oxygen atoms in total. The lowest BCUT2D eigenvalue weighted by Gasteiger charge is -2.35. The minimum atomic E-state index is -0.900. The average molecular weight is 392 g/mol. The molecule has 3 rings (SSSR count). The summed E-state index contributed by atoms with van der Waals surface area (Å²) in [6, 6.07) is 3.11. The first kappa shape index (κ1) is 19.3. The largest absolute Gasteiger partial charge is 0.338 e. The van der Waals surface area contributed by atoms with E-state index in [1.807, 2.05) is 25.3 Å². The lowest BCUT2D eigenvalue weighted by Crippen LogP contribution is -2.53. The van der Waals surface area contributed by atoms with Gasteiger partial charge in [0, 0.05) is 26.2 Å². The van der Waals surface area contributed by atoms with Crippen LogP contribution in [-0.4, -0.2) is 76.7 Å². The van der Waals surface area contributed by atoms with Crippen molar-refractivity contribution in [3.8, 4) is 0 Å². The maximum atomic E-state index is 12.6. The number of carbonyl (C=O) groups is 4. The molecule has 0 aliphatic carbocycles. The van der Waals surface area contributed by atoms with Crippen molar-refractivity contribution in [2.45, 2.75) is 32.2 Å². The van der Waals surface area contributed by atoms with Gasteiger partial charge in [-0.3, -0.25) is 19.3 Å². The van der Waals surface area contributed by atoms with Crippen molar-refractivity contribution in [1.29, 1.82) is 0 Å². The Bertz CT molecular complexity index is 737. The van der Waals surface area contributed by atoms with Crippen molar-refractivity contribution >= 4 is 35.1 Å². The lowest BCUT2D eigenvalue weighted by atomic mass is 9.93. The first-order valence-corrected chi connectivity index (χ1v) is 10.0. The van der Waals surface area contributed by atoms with E-state index in [4.69, 9.17) is 0 Å². The minimum absolute atomic E-state index is 0.0260. The molecule has 0 aromatic carbocycles. The van der Waals surface area contributed by atoms with Crippen LogP contribution in [0.3, 0.4) is 0 Å². The molecule has 5 amide bonds. The highest BCUT2D eigenvalue weighted by atomic mass is 32.1. The van der Waals surface area contributed by atoms with Crippen molar-refractivity contribution in [1.82, 2.24) is 20.0 Å². The van der Waals surface area contributed by atoms with Gasteiger partial charge in [-0.1, -0.05) is 19.9 Å². The van der Waals surface area contributed by atoms with E-state index < -0.39 is 11.6 Å². The van der Waals surface area contributed by atoms with Gasteiger partial charge in [0.05, 0.1) is 4.88 Å². The summed E-state index contributed by atoms with van der Waals surface area (Å²) in [5.74, 6) is -0.635. The Morgan fingerprint density at radius 1 is 1.11 bits per heavy atom. The standard InChI is InChI=1S/C18H24N4O4S/c1-3-18(4-2)16(25)22(17(26)19-18)12-14(23)20-7-9-21(10-8-20)15(24)13-6-5-11-27-13/h5-6,11H,3-4,7-10,12H2,1-2H3,(H,19,26). The van der Waals surface area contributed by atoms with Crippen LogP contribution < -0.4 is 5.32 Å². The summed E-state index contributed by atoms with van der Waals surface area (Å²) < 4.78 is 0.